The van der Waals surface area contributed by atoms with Crippen LogP contribution in [0.1, 0.15) is 44.8 Å². The van der Waals surface area contributed by atoms with Crippen LogP contribution >= 0.6 is 15.9 Å². The maximum Gasteiger partial charge on any atom is 0.490 e. The summed E-state index contributed by atoms with van der Waals surface area (Å²) in [5.74, 6) is 0.838. The molecule has 0 aliphatic carbocycles. The van der Waals surface area contributed by atoms with Crippen LogP contribution in [0.5, 0.6) is 0 Å². The van der Waals surface area contributed by atoms with Crippen molar-refractivity contribution in [3.05, 3.63) is 102 Å². The predicted octanol–water partition coefficient (Wildman–Crippen LogP) is 2.26. The summed E-state index contributed by atoms with van der Waals surface area (Å²) in [5, 5.41) is 31.0. The van der Waals surface area contributed by atoms with Crippen LogP contribution in [0.2, 0.25) is 6.82 Å². The molecule has 44 heavy (non-hydrogen) atoms. The molecule has 1 aromatic carbocycles. The number of ether oxygens (including phenoxy) is 1. The minimum Gasteiger partial charge on any atom is -0.446 e. The van der Waals surface area contributed by atoms with Gasteiger partial charge >= 0.3 is 14.0 Å². The number of anilines is 2. The predicted molar refractivity (Wildman–Crippen MR) is 178 cm³/mol. The molecule has 0 atom stereocenters. The van der Waals surface area contributed by atoms with Crippen molar-refractivity contribution < 1.29 is 29.4 Å². The maximum atomic E-state index is 10.9. The summed E-state index contributed by atoms with van der Waals surface area (Å²) in [5.41, 5.74) is 9.22. The van der Waals surface area contributed by atoms with Crippen molar-refractivity contribution in [3.63, 3.8) is 0 Å². The molecule has 0 unspecified atom stereocenters. The molecule has 0 spiro atoms. The zero-order chi connectivity index (χ0) is 32.2. The molecule has 0 radical (unpaired) electrons. The Morgan fingerprint density at radius 2 is 1.45 bits per heavy atom. The van der Waals surface area contributed by atoms with Crippen LogP contribution in [0.15, 0.2) is 79.3 Å². The van der Waals surface area contributed by atoms with Crippen molar-refractivity contribution >= 4 is 65.1 Å². The molecule has 3 aromatic heterocycles. The Kier molecular flexibility index (Phi) is 17.2. The van der Waals surface area contributed by atoms with Crippen LogP contribution in [-0.2, 0) is 16.6 Å². The molecule has 0 saturated carbocycles. The van der Waals surface area contributed by atoms with E-state index in [0.29, 0.717) is 46.3 Å². The molecule has 14 heteroatoms. The van der Waals surface area contributed by atoms with E-state index in [1.165, 1.54) is 12.8 Å². The molecule has 4 heterocycles. The van der Waals surface area contributed by atoms with E-state index in [1.807, 2.05) is 24.3 Å². The fourth-order valence-corrected chi connectivity index (χ4v) is 4.25. The number of rotatable bonds is 8. The van der Waals surface area contributed by atoms with Gasteiger partial charge in [-0.3, -0.25) is 14.6 Å². The molecule has 1 aliphatic rings. The van der Waals surface area contributed by atoms with Gasteiger partial charge in [0.25, 0.3) is 0 Å². The number of hydrogen-bond donors (Lipinski definition) is 5. The number of pyridine rings is 3. The number of nitrogens with one attached hydrogen (secondary N) is 1. The van der Waals surface area contributed by atoms with Gasteiger partial charge in [0.15, 0.2) is 12.6 Å². The van der Waals surface area contributed by atoms with Gasteiger partial charge in [-0.25, -0.2) is 9.97 Å². The Balaban J connectivity index is 0.000000228. The van der Waals surface area contributed by atoms with Crippen molar-refractivity contribution in [2.75, 3.05) is 24.3 Å². The first-order valence-electron chi connectivity index (χ1n) is 13.8. The van der Waals surface area contributed by atoms with E-state index in [4.69, 9.17) is 20.5 Å². The highest BCUT2D eigenvalue weighted by molar-refractivity contribution is 9.08. The highest BCUT2D eigenvalue weighted by Crippen LogP contribution is 2.10. The van der Waals surface area contributed by atoms with E-state index < -0.39 is 14.0 Å². The minimum absolute atomic E-state index is 0.285. The van der Waals surface area contributed by atoms with Gasteiger partial charge in [-0.05, 0) is 54.2 Å². The van der Waals surface area contributed by atoms with Gasteiger partial charge < -0.3 is 30.9 Å². The third kappa shape index (κ3) is 12.7. The van der Waals surface area contributed by atoms with Gasteiger partial charge in [-0.15, -0.1) is 0 Å². The first-order valence-corrected chi connectivity index (χ1v) is 14.9. The average Bonchev–Trinajstić information content (AvgIpc) is 3.65. The van der Waals surface area contributed by atoms with E-state index >= 15 is 0 Å². The number of benzene rings is 1. The van der Waals surface area contributed by atoms with E-state index in [-0.39, 0.29) is 5.82 Å². The average molecular weight is 664 g/mol. The summed E-state index contributed by atoms with van der Waals surface area (Å²) >= 11 is 3.19. The number of alkyl halides is 1. The number of nitrogens with two attached hydrogens (primary N) is 1. The van der Waals surface area contributed by atoms with E-state index in [9.17, 15) is 14.6 Å². The Bertz CT molecular complexity index is 1420. The quantitative estimate of drug-likeness (QED) is 0.106. The van der Waals surface area contributed by atoms with Crippen molar-refractivity contribution in [2.45, 2.75) is 31.5 Å². The van der Waals surface area contributed by atoms with Gasteiger partial charge in [-0.2, -0.15) is 0 Å². The highest BCUT2D eigenvalue weighted by Gasteiger charge is 2.15. The molecular weight excluding hydrogens is 628 g/mol. The van der Waals surface area contributed by atoms with Gasteiger partial charge in [0.2, 0.25) is 0 Å². The second kappa shape index (κ2) is 20.9. The number of aromatic nitrogens is 3. The number of nitrogens with zero attached hydrogens (tertiary/aromatic N) is 3. The SMILES string of the molecule is C1CCOC1.CB(O)c1ccccc1CNc1ncccc1C=O.Nc1ncccc1C=O.OB(O)c1cccnc1CBr. The molecule has 230 valence electrons. The highest BCUT2D eigenvalue weighted by atomic mass is 79.9. The van der Waals surface area contributed by atoms with Gasteiger partial charge in [0.1, 0.15) is 11.6 Å². The Labute approximate surface area is 266 Å². The molecular formula is C30H36B2BrN5O6. The summed E-state index contributed by atoms with van der Waals surface area (Å²) < 4.78 is 4.94. The van der Waals surface area contributed by atoms with Crippen molar-refractivity contribution in [1.29, 1.82) is 0 Å². The maximum absolute atomic E-state index is 10.9. The lowest BCUT2D eigenvalue weighted by molar-refractivity contribution is 0.111. The molecule has 0 bridgehead atoms. The number of carbonyl (C=O) groups excluding carboxylic acids is 2. The summed E-state index contributed by atoms with van der Waals surface area (Å²) in [6.07, 6.45) is 8.80. The zero-order valence-corrected chi connectivity index (χ0v) is 26.0. The molecule has 11 nitrogen and oxygen atoms in total. The zero-order valence-electron chi connectivity index (χ0n) is 24.4. The summed E-state index contributed by atoms with van der Waals surface area (Å²) in [7, 11) is -1.43. The number of nitrogen functional groups attached to an aromatic ring is 1. The molecule has 0 amide bonds. The fourth-order valence-electron chi connectivity index (χ4n) is 3.78. The normalized spacial score (nSPS) is 11.3. The summed E-state index contributed by atoms with van der Waals surface area (Å²) in [6, 6.07) is 17.7. The molecule has 6 N–H and O–H groups in total. The summed E-state index contributed by atoms with van der Waals surface area (Å²) in [4.78, 5) is 32.8. The van der Waals surface area contributed by atoms with E-state index in [0.717, 1.165) is 30.5 Å². The van der Waals surface area contributed by atoms with Gasteiger partial charge in [-0.1, -0.05) is 53.1 Å². The molecule has 1 fully saturated rings. The summed E-state index contributed by atoms with van der Waals surface area (Å²) in [6.45, 7) is 3.72. The molecule has 1 saturated heterocycles. The van der Waals surface area contributed by atoms with Gasteiger partial charge in [0.05, 0.1) is 16.8 Å². The van der Waals surface area contributed by atoms with Crippen molar-refractivity contribution in [2.24, 2.45) is 0 Å². The minimum atomic E-state index is -1.43. The van der Waals surface area contributed by atoms with E-state index in [2.05, 4.69) is 36.2 Å². The third-order valence-corrected chi connectivity index (χ3v) is 6.60. The fraction of sp³-hybridized carbons (Fsp3) is 0.233. The Morgan fingerprint density at radius 3 is 1.98 bits per heavy atom. The first kappa shape index (κ1) is 36.3. The van der Waals surface area contributed by atoms with Crippen LogP contribution < -0.4 is 22.0 Å². The van der Waals surface area contributed by atoms with Crippen LogP contribution in [0.4, 0.5) is 11.6 Å². The Morgan fingerprint density at radius 1 is 0.864 bits per heavy atom. The van der Waals surface area contributed by atoms with Crippen LogP contribution in [0.25, 0.3) is 0 Å². The topological polar surface area (TPSA) is 181 Å². The monoisotopic (exact) mass is 663 g/mol. The lowest BCUT2D eigenvalue weighted by Crippen LogP contribution is -2.33. The van der Waals surface area contributed by atoms with E-state index in [1.54, 1.807) is 61.8 Å². The number of aldehydes is 2. The van der Waals surface area contributed by atoms with Crippen LogP contribution in [-0.4, -0.2) is 69.8 Å². The second-order valence-electron chi connectivity index (χ2n) is 9.25. The molecule has 4 aromatic rings. The number of carbonyl (C=O) groups is 2. The first-order chi connectivity index (χ1) is 21.3. The van der Waals surface area contributed by atoms with Crippen LogP contribution in [0.3, 0.4) is 0 Å². The Hall–Kier alpha value is -3.94. The lowest BCUT2D eigenvalue weighted by atomic mass is 9.62. The smallest absolute Gasteiger partial charge is 0.446 e. The molecule has 5 rings (SSSR count). The second-order valence-corrected chi connectivity index (χ2v) is 9.81. The van der Waals surface area contributed by atoms with Crippen LogP contribution in [0, 0.1) is 0 Å². The van der Waals surface area contributed by atoms with Crippen molar-refractivity contribution in [3.8, 4) is 0 Å². The van der Waals surface area contributed by atoms with Crippen molar-refractivity contribution in [1.82, 2.24) is 15.0 Å². The molecule has 1 aliphatic heterocycles. The largest absolute Gasteiger partial charge is 0.490 e. The third-order valence-electron chi connectivity index (χ3n) is 6.07. The lowest BCUT2D eigenvalue weighted by Gasteiger charge is -2.12. The number of halogens is 1. The number of hydrogen-bond acceptors (Lipinski definition) is 11. The standard InChI is InChI=1S/C14H15BN2O2.C6H7BBrNO2.C6H6N2O.C4H8O/c1-15(19)13-7-3-2-5-11(13)9-17-14-12(10-18)6-4-8-16-14;8-4-6-5(7(10)11)2-1-3-9-6;7-6-5(4-9)2-1-3-8-6;1-2-4-5-3-1/h2-8,10,19H,9H2,1H3,(H,16,17);1-3,10-11H,4H2;1-4H,(H2,7,8);1-4H2. The van der Waals surface area contributed by atoms with Gasteiger partial charge in [0, 0.05) is 49.1 Å².